The SMILES string of the molecule is CNCc1coc(N2CCN(c3ccccc3F)CC2)n1. The Hall–Kier alpha value is -2.08. The molecule has 1 aromatic heterocycles. The molecule has 0 bridgehead atoms. The van der Waals surface area contributed by atoms with Gasteiger partial charge in [-0.2, -0.15) is 4.98 Å². The second-order valence-corrected chi connectivity index (χ2v) is 5.08. The van der Waals surface area contributed by atoms with Crippen molar-refractivity contribution in [2.75, 3.05) is 43.0 Å². The number of rotatable bonds is 4. The molecule has 2 heterocycles. The van der Waals surface area contributed by atoms with Gasteiger partial charge in [-0.15, -0.1) is 0 Å². The zero-order valence-corrected chi connectivity index (χ0v) is 12.1. The topological polar surface area (TPSA) is 44.5 Å². The molecule has 3 rings (SSSR count). The van der Waals surface area contributed by atoms with Crippen LogP contribution in [0.3, 0.4) is 0 Å². The number of nitrogens with zero attached hydrogens (tertiary/aromatic N) is 3. The number of halogens is 1. The zero-order chi connectivity index (χ0) is 14.7. The summed E-state index contributed by atoms with van der Waals surface area (Å²) in [6, 6.07) is 7.54. The molecule has 0 radical (unpaired) electrons. The van der Waals surface area contributed by atoms with E-state index < -0.39 is 0 Å². The third-order valence-corrected chi connectivity index (χ3v) is 3.64. The summed E-state index contributed by atoms with van der Waals surface area (Å²) < 4.78 is 19.3. The van der Waals surface area contributed by atoms with Crippen molar-refractivity contribution in [3.05, 3.63) is 42.0 Å². The normalized spacial score (nSPS) is 15.5. The molecule has 112 valence electrons. The number of piperazine rings is 1. The van der Waals surface area contributed by atoms with E-state index in [4.69, 9.17) is 4.42 Å². The Bertz CT molecular complexity index is 593. The van der Waals surface area contributed by atoms with Crippen molar-refractivity contribution in [2.45, 2.75) is 6.54 Å². The van der Waals surface area contributed by atoms with Crippen molar-refractivity contribution < 1.29 is 8.81 Å². The van der Waals surface area contributed by atoms with E-state index in [1.807, 2.05) is 19.2 Å². The first-order chi connectivity index (χ1) is 10.3. The highest BCUT2D eigenvalue weighted by molar-refractivity contribution is 5.49. The molecule has 0 spiro atoms. The molecule has 1 N–H and O–H groups in total. The highest BCUT2D eigenvalue weighted by atomic mass is 19.1. The molecule has 1 saturated heterocycles. The van der Waals surface area contributed by atoms with Gasteiger partial charge in [0, 0.05) is 32.7 Å². The molecule has 1 aromatic carbocycles. The van der Waals surface area contributed by atoms with Crippen LogP contribution in [0.5, 0.6) is 0 Å². The number of benzene rings is 1. The smallest absolute Gasteiger partial charge is 0.297 e. The van der Waals surface area contributed by atoms with Gasteiger partial charge in [-0.05, 0) is 19.2 Å². The highest BCUT2D eigenvalue weighted by Crippen LogP contribution is 2.22. The molecule has 0 unspecified atom stereocenters. The van der Waals surface area contributed by atoms with Gasteiger partial charge in [0.15, 0.2) is 0 Å². The zero-order valence-electron chi connectivity index (χ0n) is 12.1. The van der Waals surface area contributed by atoms with E-state index in [1.54, 1.807) is 12.3 Å². The minimum absolute atomic E-state index is 0.168. The third-order valence-electron chi connectivity index (χ3n) is 3.64. The molecule has 5 nitrogen and oxygen atoms in total. The van der Waals surface area contributed by atoms with E-state index in [9.17, 15) is 4.39 Å². The van der Waals surface area contributed by atoms with Gasteiger partial charge in [0.1, 0.15) is 12.1 Å². The molecule has 1 aliphatic rings. The van der Waals surface area contributed by atoms with Crippen LogP contribution in [0.1, 0.15) is 5.69 Å². The predicted octanol–water partition coefficient (Wildman–Crippen LogP) is 1.86. The Morgan fingerprint density at radius 2 is 1.90 bits per heavy atom. The number of oxazole rings is 1. The van der Waals surface area contributed by atoms with E-state index >= 15 is 0 Å². The number of para-hydroxylation sites is 1. The van der Waals surface area contributed by atoms with Crippen LogP contribution in [0.25, 0.3) is 0 Å². The summed E-state index contributed by atoms with van der Waals surface area (Å²) in [5.41, 5.74) is 1.56. The summed E-state index contributed by atoms with van der Waals surface area (Å²) >= 11 is 0. The van der Waals surface area contributed by atoms with Crippen LogP contribution in [0.2, 0.25) is 0 Å². The average molecular weight is 290 g/mol. The van der Waals surface area contributed by atoms with Gasteiger partial charge >= 0.3 is 0 Å². The number of aromatic nitrogens is 1. The molecule has 0 saturated carbocycles. The quantitative estimate of drug-likeness (QED) is 0.931. The fourth-order valence-electron chi connectivity index (χ4n) is 2.55. The molecule has 0 atom stereocenters. The van der Waals surface area contributed by atoms with Gasteiger partial charge in [-0.3, -0.25) is 0 Å². The van der Waals surface area contributed by atoms with Crippen LogP contribution in [-0.2, 0) is 6.54 Å². The standard InChI is InChI=1S/C15H19FN4O/c1-17-10-12-11-21-15(18-12)20-8-6-19(7-9-20)14-5-3-2-4-13(14)16/h2-5,11,17H,6-10H2,1H3. The maximum atomic E-state index is 13.8. The summed E-state index contributed by atoms with van der Waals surface area (Å²) in [6.07, 6.45) is 1.68. The molecule has 21 heavy (non-hydrogen) atoms. The first kappa shape index (κ1) is 13.9. The number of nitrogens with one attached hydrogen (secondary N) is 1. The lowest BCUT2D eigenvalue weighted by atomic mass is 10.2. The van der Waals surface area contributed by atoms with Crippen LogP contribution < -0.4 is 15.1 Å². The van der Waals surface area contributed by atoms with Crippen LogP contribution in [0.4, 0.5) is 16.1 Å². The first-order valence-corrected chi connectivity index (χ1v) is 7.11. The summed E-state index contributed by atoms with van der Waals surface area (Å²) in [5, 5.41) is 3.04. The van der Waals surface area contributed by atoms with Gasteiger partial charge in [-0.1, -0.05) is 12.1 Å². The van der Waals surface area contributed by atoms with Crippen LogP contribution in [0.15, 0.2) is 34.9 Å². The lowest BCUT2D eigenvalue weighted by Crippen LogP contribution is -2.47. The van der Waals surface area contributed by atoms with Gasteiger partial charge in [-0.25, -0.2) is 4.39 Å². The van der Waals surface area contributed by atoms with Crippen LogP contribution >= 0.6 is 0 Å². The number of anilines is 2. The van der Waals surface area contributed by atoms with E-state index in [1.165, 1.54) is 6.07 Å². The molecule has 2 aromatic rings. The maximum Gasteiger partial charge on any atom is 0.297 e. The first-order valence-electron chi connectivity index (χ1n) is 7.11. The summed E-state index contributed by atoms with van der Waals surface area (Å²) in [7, 11) is 1.88. The van der Waals surface area contributed by atoms with Crippen molar-refractivity contribution in [1.29, 1.82) is 0 Å². The summed E-state index contributed by atoms with van der Waals surface area (Å²) in [6.45, 7) is 3.75. The lowest BCUT2D eigenvalue weighted by Gasteiger charge is -2.35. The van der Waals surface area contributed by atoms with Crippen LogP contribution in [-0.4, -0.2) is 38.2 Å². The van der Waals surface area contributed by atoms with Crippen molar-refractivity contribution in [1.82, 2.24) is 10.3 Å². The second kappa shape index (κ2) is 6.13. The molecule has 6 heteroatoms. The van der Waals surface area contributed by atoms with Gasteiger partial charge < -0.3 is 19.5 Å². The van der Waals surface area contributed by atoms with E-state index in [2.05, 4.69) is 20.1 Å². The summed E-state index contributed by atoms with van der Waals surface area (Å²) in [5.74, 6) is -0.168. The molecular weight excluding hydrogens is 271 g/mol. The van der Waals surface area contributed by atoms with Crippen molar-refractivity contribution in [3.63, 3.8) is 0 Å². The predicted molar refractivity (Wildman–Crippen MR) is 80.1 cm³/mol. The molecule has 1 aliphatic heterocycles. The fraction of sp³-hybridized carbons (Fsp3) is 0.400. The van der Waals surface area contributed by atoms with Gasteiger partial charge in [0.2, 0.25) is 0 Å². The molecule has 0 amide bonds. The van der Waals surface area contributed by atoms with E-state index in [0.717, 1.165) is 31.9 Å². The van der Waals surface area contributed by atoms with Gasteiger partial charge in [0.05, 0.1) is 11.4 Å². The fourth-order valence-corrected chi connectivity index (χ4v) is 2.55. The van der Waals surface area contributed by atoms with Crippen molar-refractivity contribution in [3.8, 4) is 0 Å². The van der Waals surface area contributed by atoms with Crippen molar-refractivity contribution in [2.24, 2.45) is 0 Å². The largest absolute Gasteiger partial charge is 0.432 e. The minimum atomic E-state index is -0.168. The number of hydrogen-bond donors (Lipinski definition) is 1. The monoisotopic (exact) mass is 290 g/mol. The third kappa shape index (κ3) is 3.00. The molecule has 0 aliphatic carbocycles. The molecular formula is C15H19FN4O. The Kier molecular flexibility index (Phi) is 4.06. The minimum Gasteiger partial charge on any atom is -0.432 e. The van der Waals surface area contributed by atoms with E-state index in [0.29, 0.717) is 18.2 Å². The van der Waals surface area contributed by atoms with E-state index in [-0.39, 0.29) is 5.82 Å². The number of hydrogen-bond acceptors (Lipinski definition) is 5. The Morgan fingerprint density at radius 3 is 2.62 bits per heavy atom. The average Bonchev–Trinajstić information content (AvgIpc) is 2.97. The Labute approximate surface area is 123 Å². The molecule has 1 fully saturated rings. The summed E-state index contributed by atoms with van der Waals surface area (Å²) in [4.78, 5) is 8.60. The second-order valence-electron chi connectivity index (χ2n) is 5.08. The Morgan fingerprint density at radius 1 is 1.19 bits per heavy atom. The van der Waals surface area contributed by atoms with Gasteiger partial charge in [0.25, 0.3) is 6.01 Å². The maximum absolute atomic E-state index is 13.8. The Balaban J connectivity index is 1.63. The van der Waals surface area contributed by atoms with Crippen LogP contribution in [0, 0.1) is 5.82 Å². The lowest BCUT2D eigenvalue weighted by molar-refractivity contribution is 0.513. The van der Waals surface area contributed by atoms with Crippen molar-refractivity contribution >= 4 is 11.7 Å². The highest BCUT2D eigenvalue weighted by Gasteiger charge is 2.22.